The van der Waals surface area contributed by atoms with Crippen LogP contribution in [0.2, 0.25) is 0 Å². The van der Waals surface area contributed by atoms with Crippen LogP contribution in [-0.2, 0) is 10.1 Å². The van der Waals surface area contributed by atoms with Crippen LogP contribution in [0.15, 0.2) is 24.5 Å². The average Bonchev–Trinajstić information content (AvgIpc) is 2.03. The molecule has 71 valence electrons. The molecule has 1 atom stereocenters. The van der Waals surface area contributed by atoms with Gasteiger partial charge in [-0.1, -0.05) is 0 Å². The summed E-state index contributed by atoms with van der Waals surface area (Å²) < 4.78 is 31.8. The molecule has 1 N–H and O–H groups in total. The van der Waals surface area contributed by atoms with Gasteiger partial charge in [0.05, 0.1) is 0 Å². The van der Waals surface area contributed by atoms with Gasteiger partial charge in [0.1, 0.15) is 5.25 Å². The van der Waals surface area contributed by atoms with E-state index in [0.29, 0.717) is 5.56 Å². The largest absolute Gasteiger partial charge is 0.285 e. The van der Waals surface area contributed by atoms with Crippen LogP contribution < -0.4 is 4.57 Å². The van der Waals surface area contributed by atoms with Crippen LogP contribution in [0.5, 0.6) is 0 Å². The number of hydrogen-bond donors (Lipinski definition) is 1. The van der Waals surface area contributed by atoms with Gasteiger partial charge in [-0.25, -0.2) is 0 Å². The standard InChI is InChI=1S/C8H11NO3S/c1-7(13(10,11)12)8-3-5-9(2)6-4-8/h3-7H,2H2,1H3,(H,10,11,12)/q+1. The zero-order valence-corrected chi connectivity index (χ0v) is 8.03. The maximum atomic E-state index is 10.7. The molecule has 0 aliphatic rings. The topological polar surface area (TPSA) is 58.2 Å². The molecule has 1 aromatic rings. The summed E-state index contributed by atoms with van der Waals surface area (Å²) in [4.78, 5) is 0. The minimum absolute atomic E-state index is 0.544. The van der Waals surface area contributed by atoms with E-state index in [0.717, 1.165) is 0 Å². The Bertz CT molecular complexity index is 382. The summed E-state index contributed by atoms with van der Waals surface area (Å²) in [5.41, 5.74) is 0.544. The Morgan fingerprint density at radius 3 is 2.31 bits per heavy atom. The van der Waals surface area contributed by atoms with Crippen molar-refractivity contribution in [3.8, 4) is 0 Å². The lowest BCUT2D eigenvalue weighted by atomic mass is 10.2. The summed E-state index contributed by atoms with van der Waals surface area (Å²) in [6.45, 7) is 1.43. The lowest BCUT2D eigenvalue weighted by Gasteiger charge is -2.05. The Kier molecular flexibility index (Phi) is 2.68. The van der Waals surface area contributed by atoms with E-state index in [2.05, 4.69) is 7.05 Å². The van der Waals surface area contributed by atoms with Crippen LogP contribution in [0.1, 0.15) is 17.7 Å². The molecule has 0 aromatic carbocycles. The van der Waals surface area contributed by atoms with Gasteiger partial charge in [-0.05, 0) is 12.5 Å². The quantitative estimate of drug-likeness (QED) is 0.562. The first-order valence-electron chi connectivity index (χ1n) is 3.69. The molecule has 1 aromatic heterocycles. The summed E-state index contributed by atoms with van der Waals surface area (Å²) in [7, 11) is -0.410. The molecule has 1 rings (SSSR count). The second-order valence-electron chi connectivity index (χ2n) is 2.80. The third-order valence-electron chi connectivity index (χ3n) is 1.83. The van der Waals surface area contributed by atoms with Crippen molar-refractivity contribution in [3.05, 3.63) is 37.1 Å². The Morgan fingerprint density at radius 2 is 1.92 bits per heavy atom. The maximum Gasteiger partial charge on any atom is 0.271 e. The molecule has 1 unspecified atom stereocenters. The second kappa shape index (κ2) is 3.43. The molecule has 4 nitrogen and oxygen atoms in total. The predicted octanol–water partition coefficient (Wildman–Crippen LogP) is 0.563. The van der Waals surface area contributed by atoms with E-state index in [1.165, 1.54) is 6.92 Å². The van der Waals surface area contributed by atoms with Crippen molar-refractivity contribution in [3.63, 3.8) is 0 Å². The Hall–Kier alpha value is -0.940. The molecule has 13 heavy (non-hydrogen) atoms. The smallest absolute Gasteiger partial charge is 0.271 e. The fourth-order valence-electron chi connectivity index (χ4n) is 0.912. The predicted molar refractivity (Wildman–Crippen MR) is 47.4 cm³/mol. The number of hydrogen-bond acceptors (Lipinski definition) is 2. The van der Waals surface area contributed by atoms with Crippen LogP contribution in [0, 0.1) is 7.05 Å². The highest BCUT2D eigenvalue weighted by Crippen LogP contribution is 2.18. The van der Waals surface area contributed by atoms with E-state index in [1.807, 2.05) is 0 Å². The number of nitrogens with zero attached hydrogens (tertiary/aromatic N) is 1. The first-order valence-corrected chi connectivity index (χ1v) is 5.20. The Morgan fingerprint density at radius 1 is 1.46 bits per heavy atom. The highest BCUT2D eigenvalue weighted by Gasteiger charge is 2.19. The molecule has 0 bridgehead atoms. The first-order chi connectivity index (χ1) is 5.91. The van der Waals surface area contributed by atoms with Crippen LogP contribution in [0.25, 0.3) is 0 Å². The van der Waals surface area contributed by atoms with E-state index in [1.54, 1.807) is 29.1 Å². The van der Waals surface area contributed by atoms with E-state index < -0.39 is 15.4 Å². The summed E-state index contributed by atoms with van der Waals surface area (Å²) in [5, 5.41) is -0.895. The van der Waals surface area contributed by atoms with E-state index in [9.17, 15) is 8.42 Å². The van der Waals surface area contributed by atoms with Gasteiger partial charge < -0.3 is 0 Å². The molecule has 0 aliphatic heterocycles. The van der Waals surface area contributed by atoms with Crippen molar-refractivity contribution in [2.75, 3.05) is 0 Å². The van der Waals surface area contributed by atoms with Crippen LogP contribution in [0.4, 0.5) is 0 Å². The van der Waals surface area contributed by atoms with E-state index in [4.69, 9.17) is 4.55 Å². The van der Waals surface area contributed by atoms with Gasteiger partial charge in [-0.15, -0.1) is 0 Å². The van der Waals surface area contributed by atoms with Gasteiger partial charge in [-0.3, -0.25) is 4.55 Å². The average molecular weight is 201 g/mol. The molecule has 0 fully saturated rings. The van der Waals surface area contributed by atoms with Gasteiger partial charge in [-0.2, -0.15) is 13.0 Å². The Labute approximate surface area is 77.6 Å². The first kappa shape index (κ1) is 10.1. The van der Waals surface area contributed by atoms with Crippen molar-refractivity contribution in [2.24, 2.45) is 0 Å². The van der Waals surface area contributed by atoms with Gasteiger partial charge >= 0.3 is 0 Å². The fourth-order valence-corrected chi connectivity index (χ4v) is 1.41. The monoisotopic (exact) mass is 201 g/mol. The third kappa shape index (κ3) is 2.50. The minimum Gasteiger partial charge on any atom is -0.285 e. The van der Waals surface area contributed by atoms with Gasteiger partial charge in [0.15, 0.2) is 12.4 Å². The molecular formula is C8H11NO3S+. The van der Waals surface area contributed by atoms with Crippen molar-refractivity contribution >= 4 is 10.1 Å². The van der Waals surface area contributed by atoms with E-state index in [-0.39, 0.29) is 0 Å². The van der Waals surface area contributed by atoms with Crippen molar-refractivity contribution in [2.45, 2.75) is 12.2 Å². The molecule has 0 saturated heterocycles. The van der Waals surface area contributed by atoms with Crippen LogP contribution in [-0.4, -0.2) is 13.0 Å². The van der Waals surface area contributed by atoms with Gasteiger partial charge in [0.2, 0.25) is 7.05 Å². The van der Waals surface area contributed by atoms with Gasteiger partial charge in [0, 0.05) is 12.1 Å². The zero-order valence-electron chi connectivity index (χ0n) is 7.21. The third-order valence-corrected chi connectivity index (χ3v) is 3.00. The SMILES string of the molecule is [CH2][n+]1ccc(C(C)S(=O)(=O)O)cc1. The molecule has 1 radical (unpaired) electrons. The highest BCUT2D eigenvalue weighted by atomic mass is 32.2. The number of rotatable bonds is 2. The lowest BCUT2D eigenvalue weighted by molar-refractivity contribution is -0.612. The molecule has 1 heterocycles. The lowest BCUT2D eigenvalue weighted by Crippen LogP contribution is -2.24. The summed E-state index contributed by atoms with van der Waals surface area (Å²) in [6.07, 6.45) is 3.24. The van der Waals surface area contributed by atoms with Crippen LogP contribution in [0.3, 0.4) is 0 Å². The van der Waals surface area contributed by atoms with E-state index >= 15 is 0 Å². The number of pyridine rings is 1. The molecule has 5 heteroatoms. The zero-order chi connectivity index (χ0) is 10.1. The van der Waals surface area contributed by atoms with Gasteiger partial charge in [0.25, 0.3) is 10.1 Å². The van der Waals surface area contributed by atoms with Crippen molar-refractivity contribution < 1.29 is 17.5 Å². The second-order valence-corrected chi connectivity index (χ2v) is 4.54. The summed E-state index contributed by atoms with van der Waals surface area (Å²) in [6, 6.07) is 3.21. The van der Waals surface area contributed by atoms with Crippen LogP contribution >= 0.6 is 0 Å². The maximum absolute atomic E-state index is 10.7. The molecule has 0 spiro atoms. The Balaban J connectivity index is 3.04. The molecule has 0 amide bonds. The summed E-state index contributed by atoms with van der Waals surface area (Å²) in [5.74, 6) is 0. The van der Waals surface area contributed by atoms with Crippen molar-refractivity contribution in [1.82, 2.24) is 0 Å². The number of aromatic nitrogens is 1. The molecular weight excluding hydrogens is 190 g/mol. The van der Waals surface area contributed by atoms with Crippen molar-refractivity contribution in [1.29, 1.82) is 0 Å². The highest BCUT2D eigenvalue weighted by molar-refractivity contribution is 7.86. The minimum atomic E-state index is -4.00. The molecule has 0 saturated carbocycles. The molecule has 0 aliphatic carbocycles. The normalized spacial score (nSPS) is 14.1. The fraction of sp³-hybridized carbons (Fsp3) is 0.250. The summed E-state index contributed by atoms with van der Waals surface area (Å²) >= 11 is 0.